The highest BCUT2D eigenvalue weighted by Gasteiger charge is 2.10. The zero-order valence-electron chi connectivity index (χ0n) is 11.2. The Hall–Kier alpha value is -1.52. The lowest BCUT2D eigenvalue weighted by Gasteiger charge is -2.24. The van der Waals surface area contributed by atoms with Crippen molar-refractivity contribution in [3.63, 3.8) is 0 Å². The van der Waals surface area contributed by atoms with Gasteiger partial charge in [0.2, 0.25) is 5.95 Å². The minimum atomic E-state index is 0.320. The zero-order chi connectivity index (χ0) is 12.8. The molecule has 0 bridgehead atoms. The van der Waals surface area contributed by atoms with E-state index in [9.17, 15) is 0 Å². The fraction of sp³-hybridized carbons (Fsp3) is 0.667. The van der Waals surface area contributed by atoms with Crippen LogP contribution in [0.15, 0.2) is 6.07 Å². The summed E-state index contributed by atoms with van der Waals surface area (Å²) in [5.41, 5.74) is 5.72. The first-order chi connectivity index (χ1) is 8.06. The Balaban J connectivity index is 2.93. The molecule has 0 spiro atoms. The van der Waals surface area contributed by atoms with Gasteiger partial charge < -0.3 is 16.0 Å². The summed E-state index contributed by atoms with van der Waals surface area (Å²) >= 11 is 0. The molecule has 0 unspecified atom stereocenters. The molecule has 0 aliphatic rings. The Morgan fingerprint density at radius 2 is 2.06 bits per heavy atom. The minimum absolute atomic E-state index is 0.320. The maximum absolute atomic E-state index is 5.72. The van der Waals surface area contributed by atoms with Gasteiger partial charge in [-0.15, -0.1) is 0 Å². The highest BCUT2D eigenvalue weighted by atomic mass is 15.2. The summed E-state index contributed by atoms with van der Waals surface area (Å²) in [4.78, 5) is 10.7. The van der Waals surface area contributed by atoms with Gasteiger partial charge in [-0.05, 0) is 19.8 Å². The molecule has 0 amide bonds. The predicted molar refractivity (Wildman–Crippen MR) is 73.3 cm³/mol. The number of nitrogens with two attached hydrogens (primary N) is 1. The van der Waals surface area contributed by atoms with Gasteiger partial charge in [0.1, 0.15) is 11.6 Å². The van der Waals surface area contributed by atoms with Crippen LogP contribution in [0.2, 0.25) is 0 Å². The quantitative estimate of drug-likeness (QED) is 0.792. The molecule has 0 aliphatic heterocycles. The van der Waals surface area contributed by atoms with E-state index in [0.29, 0.717) is 11.9 Å². The predicted octanol–water partition coefficient (Wildman–Crippen LogP) is 1.97. The first-order valence-corrected chi connectivity index (χ1v) is 6.20. The average molecular weight is 237 g/mol. The van der Waals surface area contributed by atoms with Crippen LogP contribution in [0.3, 0.4) is 0 Å². The molecule has 1 aromatic heterocycles. The number of nitrogens with one attached hydrogen (secondary N) is 1. The molecule has 1 heterocycles. The smallest absolute Gasteiger partial charge is 0.223 e. The average Bonchev–Trinajstić information content (AvgIpc) is 2.25. The number of hydrogen-bond acceptors (Lipinski definition) is 5. The maximum Gasteiger partial charge on any atom is 0.223 e. The van der Waals surface area contributed by atoms with Gasteiger partial charge in [0.25, 0.3) is 0 Å². The summed E-state index contributed by atoms with van der Waals surface area (Å²) in [5, 5.41) is 3.16. The lowest BCUT2D eigenvalue weighted by molar-refractivity contribution is 0.614. The van der Waals surface area contributed by atoms with Crippen molar-refractivity contribution in [1.29, 1.82) is 0 Å². The van der Waals surface area contributed by atoms with Crippen LogP contribution in [0.1, 0.15) is 27.7 Å². The SMILES string of the molecule is CCNc1cc(N(CC)CC(C)C)nc(N)n1. The third-order valence-corrected chi connectivity index (χ3v) is 2.38. The largest absolute Gasteiger partial charge is 0.370 e. The van der Waals surface area contributed by atoms with Crippen LogP contribution in [0, 0.1) is 5.92 Å². The molecular formula is C12H23N5. The highest BCUT2D eigenvalue weighted by molar-refractivity contribution is 5.52. The standard InChI is InChI=1S/C12H23N5/c1-5-14-10-7-11(16-12(13)15-10)17(6-2)8-9(3)4/h7,9H,5-6,8H2,1-4H3,(H3,13,14,15,16). The first kappa shape index (κ1) is 13.5. The van der Waals surface area contributed by atoms with E-state index < -0.39 is 0 Å². The van der Waals surface area contributed by atoms with Crippen molar-refractivity contribution >= 4 is 17.6 Å². The summed E-state index contributed by atoms with van der Waals surface area (Å²) in [6.07, 6.45) is 0. The molecule has 1 aromatic rings. The monoisotopic (exact) mass is 237 g/mol. The summed E-state index contributed by atoms with van der Waals surface area (Å²) in [7, 11) is 0. The Labute approximate surface area is 103 Å². The first-order valence-electron chi connectivity index (χ1n) is 6.20. The van der Waals surface area contributed by atoms with Crippen LogP contribution >= 0.6 is 0 Å². The number of nitrogen functional groups attached to an aromatic ring is 1. The minimum Gasteiger partial charge on any atom is -0.370 e. The summed E-state index contributed by atoms with van der Waals surface area (Å²) in [5.74, 6) is 2.59. The van der Waals surface area contributed by atoms with Gasteiger partial charge in [0.15, 0.2) is 0 Å². The second-order valence-corrected chi connectivity index (χ2v) is 4.43. The molecule has 0 aromatic carbocycles. The Kier molecular flexibility index (Phi) is 5.00. The molecule has 17 heavy (non-hydrogen) atoms. The molecule has 5 heteroatoms. The summed E-state index contributed by atoms with van der Waals surface area (Å²) in [6, 6.07) is 1.95. The van der Waals surface area contributed by atoms with Crippen LogP contribution in [0.4, 0.5) is 17.6 Å². The van der Waals surface area contributed by atoms with Gasteiger partial charge in [0, 0.05) is 25.7 Å². The number of anilines is 3. The summed E-state index contributed by atoms with van der Waals surface area (Å²) < 4.78 is 0. The van der Waals surface area contributed by atoms with Crippen LogP contribution in [-0.2, 0) is 0 Å². The van der Waals surface area contributed by atoms with E-state index in [-0.39, 0.29) is 0 Å². The maximum atomic E-state index is 5.72. The van der Waals surface area contributed by atoms with Crippen molar-refractivity contribution in [2.75, 3.05) is 35.6 Å². The molecule has 0 atom stereocenters. The fourth-order valence-electron chi connectivity index (χ4n) is 1.71. The number of aromatic nitrogens is 2. The number of hydrogen-bond donors (Lipinski definition) is 2. The van der Waals surface area contributed by atoms with E-state index in [4.69, 9.17) is 5.73 Å². The van der Waals surface area contributed by atoms with E-state index in [1.807, 2.05) is 13.0 Å². The number of nitrogens with zero attached hydrogens (tertiary/aromatic N) is 3. The zero-order valence-corrected chi connectivity index (χ0v) is 11.2. The van der Waals surface area contributed by atoms with Crippen molar-refractivity contribution in [1.82, 2.24) is 9.97 Å². The van der Waals surface area contributed by atoms with E-state index >= 15 is 0 Å². The molecular weight excluding hydrogens is 214 g/mol. The van der Waals surface area contributed by atoms with Gasteiger partial charge in [0.05, 0.1) is 0 Å². The van der Waals surface area contributed by atoms with Gasteiger partial charge in [-0.2, -0.15) is 9.97 Å². The second kappa shape index (κ2) is 6.27. The van der Waals surface area contributed by atoms with E-state index in [1.54, 1.807) is 0 Å². The molecule has 5 nitrogen and oxygen atoms in total. The van der Waals surface area contributed by atoms with Gasteiger partial charge in [-0.1, -0.05) is 13.8 Å². The molecule has 96 valence electrons. The summed E-state index contributed by atoms with van der Waals surface area (Å²) in [6.45, 7) is 11.2. The molecule has 0 fully saturated rings. The van der Waals surface area contributed by atoms with E-state index in [0.717, 1.165) is 31.3 Å². The van der Waals surface area contributed by atoms with E-state index in [1.165, 1.54) is 0 Å². The van der Waals surface area contributed by atoms with Crippen molar-refractivity contribution in [2.45, 2.75) is 27.7 Å². The Bertz CT molecular complexity index is 351. The molecule has 1 rings (SSSR count). The van der Waals surface area contributed by atoms with Crippen molar-refractivity contribution in [3.8, 4) is 0 Å². The molecule has 0 radical (unpaired) electrons. The fourth-order valence-corrected chi connectivity index (χ4v) is 1.71. The highest BCUT2D eigenvalue weighted by Crippen LogP contribution is 2.17. The third kappa shape index (κ3) is 4.09. The number of rotatable bonds is 6. The van der Waals surface area contributed by atoms with Crippen LogP contribution in [0.5, 0.6) is 0 Å². The second-order valence-electron chi connectivity index (χ2n) is 4.43. The van der Waals surface area contributed by atoms with Crippen molar-refractivity contribution in [2.24, 2.45) is 5.92 Å². The van der Waals surface area contributed by atoms with Crippen molar-refractivity contribution in [3.05, 3.63) is 6.07 Å². The molecule has 0 saturated heterocycles. The van der Waals surface area contributed by atoms with Gasteiger partial charge >= 0.3 is 0 Å². The van der Waals surface area contributed by atoms with Crippen molar-refractivity contribution < 1.29 is 0 Å². The van der Waals surface area contributed by atoms with E-state index in [2.05, 4.69) is 41.0 Å². The molecule has 0 saturated carbocycles. The lowest BCUT2D eigenvalue weighted by Crippen LogP contribution is -2.28. The molecule has 0 aliphatic carbocycles. The van der Waals surface area contributed by atoms with Crippen LogP contribution in [0.25, 0.3) is 0 Å². The normalized spacial score (nSPS) is 10.6. The van der Waals surface area contributed by atoms with Gasteiger partial charge in [-0.25, -0.2) is 0 Å². The van der Waals surface area contributed by atoms with Gasteiger partial charge in [-0.3, -0.25) is 0 Å². The third-order valence-electron chi connectivity index (χ3n) is 2.38. The molecule has 3 N–H and O–H groups in total. The topological polar surface area (TPSA) is 67.1 Å². The Morgan fingerprint density at radius 1 is 1.35 bits per heavy atom. The lowest BCUT2D eigenvalue weighted by atomic mass is 10.2. The van der Waals surface area contributed by atoms with Crippen LogP contribution < -0.4 is 16.0 Å². The van der Waals surface area contributed by atoms with Crippen LogP contribution in [-0.4, -0.2) is 29.6 Å². The Morgan fingerprint density at radius 3 is 2.59 bits per heavy atom.